The van der Waals surface area contributed by atoms with Gasteiger partial charge in [-0.3, -0.25) is 4.40 Å². The van der Waals surface area contributed by atoms with Crippen LogP contribution in [0.1, 0.15) is 0 Å². The number of imidazole rings is 1. The molecule has 96 valence electrons. The summed E-state index contributed by atoms with van der Waals surface area (Å²) < 4.78 is 1.83. The summed E-state index contributed by atoms with van der Waals surface area (Å²) in [6.07, 6.45) is 5.33. The first-order valence-electron chi connectivity index (χ1n) is 5.91. The molecule has 0 spiro atoms. The van der Waals surface area contributed by atoms with Crippen molar-refractivity contribution in [3.8, 4) is 11.3 Å². The van der Waals surface area contributed by atoms with Gasteiger partial charge in [-0.2, -0.15) is 0 Å². The fourth-order valence-corrected chi connectivity index (χ4v) is 2.08. The van der Waals surface area contributed by atoms with Gasteiger partial charge in [0.2, 0.25) is 5.78 Å². The number of nitrogens with zero attached hydrogens (tertiary/aromatic N) is 4. The molecule has 0 amide bonds. The van der Waals surface area contributed by atoms with Gasteiger partial charge in [0.25, 0.3) is 0 Å². The van der Waals surface area contributed by atoms with Gasteiger partial charge in [-0.05, 0) is 12.1 Å². The summed E-state index contributed by atoms with van der Waals surface area (Å²) in [5.74, 6) is 0.649. The lowest BCUT2D eigenvalue weighted by Gasteiger charge is -2.11. The third-order valence-electron chi connectivity index (χ3n) is 2.96. The topological polar surface area (TPSA) is 33.4 Å². The second-order valence-corrected chi connectivity index (χ2v) is 4.98. The molecule has 0 aliphatic heterocycles. The predicted octanol–water partition coefficient (Wildman–Crippen LogP) is 3.12. The van der Waals surface area contributed by atoms with E-state index in [2.05, 4.69) is 39.1 Å². The average Bonchev–Trinajstić information content (AvgIpc) is 2.81. The van der Waals surface area contributed by atoms with Crippen molar-refractivity contribution in [2.24, 2.45) is 0 Å². The summed E-state index contributed by atoms with van der Waals surface area (Å²) >= 11 is 5.91. The number of hydrogen-bond donors (Lipinski definition) is 0. The van der Waals surface area contributed by atoms with Gasteiger partial charge in [0.05, 0.1) is 16.9 Å². The molecule has 0 atom stereocenters. The van der Waals surface area contributed by atoms with Gasteiger partial charge in [-0.15, -0.1) is 0 Å². The first kappa shape index (κ1) is 12.0. The standard InChI is InChI=1S/C14H13ClN4/c1-18(2)12-5-3-10(4-6-12)13-9-19-8-11(15)7-16-14(19)17-13/h3-9H,1-2H3. The van der Waals surface area contributed by atoms with E-state index in [1.165, 1.54) is 0 Å². The molecule has 3 aromatic rings. The molecule has 0 aliphatic rings. The molecule has 1 aromatic carbocycles. The highest BCUT2D eigenvalue weighted by molar-refractivity contribution is 6.30. The van der Waals surface area contributed by atoms with Crippen LogP contribution in [0.25, 0.3) is 17.0 Å². The molecule has 0 saturated carbocycles. The lowest BCUT2D eigenvalue weighted by atomic mass is 10.1. The molecule has 0 aliphatic carbocycles. The van der Waals surface area contributed by atoms with Crippen molar-refractivity contribution >= 4 is 23.1 Å². The largest absolute Gasteiger partial charge is 0.378 e. The van der Waals surface area contributed by atoms with E-state index in [0.717, 1.165) is 16.9 Å². The Bertz CT molecular complexity index is 716. The van der Waals surface area contributed by atoms with Gasteiger partial charge in [-0.1, -0.05) is 23.7 Å². The highest BCUT2D eigenvalue weighted by atomic mass is 35.5. The number of aromatic nitrogens is 3. The van der Waals surface area contributed by atoms with E-state index in [4.69, 9.17) is 11.6 Å². The highest BCUT2D eigenvalue weighted by Crippen LogP contribution is 2.22. The Balaban J connectivity index is 2.03. The van der Waals surface area contributed by atoms with Crippen LogP contribution >= 0.6 is 11.6 Å². The molecule has 4 nitrogen and oxygen atoms in total. The van der Waals surface area contributed by atoms with Crippen LogP contribution in [0, 0.1) is 0 Å². The molecule has 2 heterocycles. The van der Waals surface area contributed by atoms with Crippen LogP contribution in [0.3, 0.4) is 0 Å². The smallest absolute Gasteiger partial charge is 0.234 e. The number of anilines is 1. The van der Waals surface area contributed by atoms with Crippen molar-refractivity contribution in [3.63, 3.8) is 0 Å². The van der Waals surface area contributed by atoms with Crippen molar-refractivity contribution in [2.45, 2.75) is 0 Å². The fraction of sp³-hybridized carbons (Fsp3) is 0.143. The Hall–Kier alpha value is -2.07. The number of halogens is 1. The number of hydrogen-bond acceptors (Lipinski definition) is 3. The van der Waals surface area contributed by atoms with Crippen LogP contribution in [0.2, 0.25) is 5.02 Å². The van der Waals surface area contributed by atoms with Crippen LogP contribution in [-0.4, -0.2) is 28.5 Å². The van der Waals surface area contributed by atoms with Crippen LogP contribution in [0.5, 0.6) is 0 Å². The van der Waals surface area contributed by atoms with Crippen molar-refractivity contribution < 1.29 is 0 Å². The van der Waals surface area contributed by atoms with Crippen molar-refractivity contribution in [3.05, 3.63) is 47.9 Å². The summed E-state index contributed by atoms with van der Waals surface area (Å²) in [4.78, 5) is 10.7. The van der Waals surface area contributed by atoms with E-state index < -0.39 is 0 Å². The summed E-state index contributed by atoms with van der Waals surface area (Å²) in [6, 6.07) is 8.25. The maximum Gasteiger partial charge on any atom is 0.234 e. The van der Waals surface area contributed by atoms with E-state index >= 15 is 0 Å². The van der Waals surface area contributed by atoms with Gasteiger partial charge in [0.1, 0.15) is 0 Å². The average molecular weight is 273 g/mol. The molecule has 3 rings (SSSR count). The zero-order chi connectivity index (χ0) is 13.4. The molecule has 0 N–H and O–H groups in total. The van der Waals surface area contributed by atoms with Gasteiger partial charge in [0, 0.05) is 37.7 Å². The molecule has 0 fully saturated rings. The molecule has 0 saturated heterocycles. The molecule has 19 heavy (non-hydrogen) atoms. The van der Waals surface area contributed by atoms with Gasteiger partial charge in [0.15, 0.2) is 0 Å². The number of fused-ring (bicyclic) bond motifs is 1. The first-order chi connectivity index (χ1) is 9.13. The zero-order valence-corrected chi connectivity index (χ0v) is 11.5. The van der Waals surface area contributed by atoms with Crippen LogP contribution in [0.4, 0.5) is 5.69 Å². The minimum atomic E-state index is 0.597. The van der Waals surface area contributed by atoms with E-state index in [1.54, 1.807) is 12.4 Å². The summed E-state index contributed by atoms with van der Waals surface area (Å²) in [6.45, 7) is 0. The van der Waals surface area contributed by atoms with Gasteiger partial charge in [-0.25, -0.2) is 9.97 Å². The Labute approximate surface area is 116 Å². The Morgan fingerprint density at radius 3 is 2.53 bits per heavy atom. The van der Waals surface area contributed by atoms with Crippen LogP contribution < -0.4 is 4.90 Å². The lowest BCUT2D eigenvalue weighted by molar-refractivity contribution is 1.11. The maximum absolute atomic E-state index is 5.91. The molecule has 0 unspecified atom stereocenters. The number of rotatable bonds is 2. The molecule has 2 aromatic heterocycles. The molecule has 0 bridgehead atoms. The normalized spacial score (nSPS) is 10.9. The van der Waals surface area contributed by atoms with Crippen molar-refractivity contribution in [2.75, 3.05) is 19.0 Å². The Kier molecular flexibility index (Phi) is 2.87. The molecule has 0 radical (unpaired) electrons. The third kappa shape index (κ3) is 2.27. The van der Waals surface area contributed by atoms with E-state index in [0.29, 0.717) is 10.8 Å². The maximum atomic E-state index is 5.91. The van der Waals surface area contributed by atoms with Crippen molar-refractivity contribution in [1.29, 1.82) is 0 Å². The second kappa shape index (κ2) is 4.55. The molecule has 5 heteroatoms. The zero-order valence-electron chi connectivity index (χ0n) is 10.7. The monoisotopic (exact) mass is 272 g/mol. The van der Waals surface area contributed by atoms with Gasteiger partial charge >= 0.3 is 0 Å². The Morgan fingerprint density at radius 1 is 1.11 bits per heavy atom. The third-order valence-corrected chi connectivity index (χ3v) is 3.15. The SMILES string of the molecule is CN(C)c1ccc(-c2cn3cc(Cl)cnc3n2)cc1. The molecular weight excluding hydrogens is 260 g/mol. The fourth-order valence-electron chi connectivity index (χ4n) is 1.93. The van der Waals surface area contributed by atoms with Crippen LogP contribution in [0.15, 0.2) is 42.9 Å². The second-order valence-electron chi connectivity index (χ2n) is 4.55. The first-order valence-corrected chi connectivity index (χ1v) is 6.29. The Morgan fingerprint density at radius 2 is 1.84 bits per heavy atom. The quantitative estimate of drug-likeness (QED) is 0.719. The summed E-state index contributed by atoms with van der Waals surface area (Å²) in [7, 11) is 4.04. The highest BCUT2D eigenvalue weighted by Gasteiger charge is 2.06. The lowest BCUT2D eigenvalue weighted by Crippen LogP contribution is -2.07. The van der Waals surface area contributed by atoms with E-state index in [9.17, 15) is 0 Å². The van der Waals surface area contributed by atoms with Crippen LogP contribution in [-0.2, 0) is 0 Å². The number of benzene rings is 1. The van der Waals surface area contributed by atoms with Crippen molar-refractivity contribution in [1.82, 2.24) is 14.4 Å². The van der Waals surface area contributed by atoms with Gasteiger partial charge < -0.3 is 4.90 Å². The minimum Gasteiger partial charge on any atom is -0.378 e. The predicted molar refractivity (Wildman–Crippen MR) is 77.8 cm³/mol. The summed E-state index contributed by atoms with van der Waals surface area (Å²) in [5.41, 5.74) is 3.11. The molecular formula is C14H13ClN4. The summed E-state index contributed by atoms with van der Waals surface area (Å²) in [5, 5.41) is 0.597. The minimum absolute atomic E-state index is 0.597. The van der Waals surface area contributed by atoms with E-state index in [1.807, 2.05) is 24.7 Å². The van der Waals surface area contributed by atoms with E-state index in [-0.39, 0.29) is 0 Å².